The molecular weight excluding hydrogens is 162 g/mol. The fourth-order valence-corrected chi connectivity index (χ4v) is 1.93. The van der Waals surface area contributed by atoms with Crippen molar-refractivity contribution in [2.75, 3.05) is 19.6 Å². The summed E-state index contributed by atoms with van der Waals surface area (Å²) in [6.07, 6.45) is 4.26. The van der Waals surface area contributed by atoms with Gasteiger partial charge < -0.3 is 10.6 Å². The van der Waals surface area contributed by atoms with E-state index in [1.807, 2.05) is 0 Å². The zero-order valence-electron chi connectivity index (χ0n) is 8.42. The van der Waals surface area contributed by atoms with Crippen LogP contribution < -0.4 is 5.73 Å². The van der Waals surface area contributed by atoms with Gasteiger partial charge in [-0.25, -0.2) is 0 Å². The highest BCUT2D eigenvalue weighted by Gasteiger charge is 2.29. The van der Waals surface area contributed by atoms with Crippen molar-refractivity contribution in [2.45, 2.75) is 38.1 Å². The maximum atomic E-state index is 8.96. The first-order valence-electron chi connectivity index (χ1n) is 5.13. The molecule has 0 spiro atoms. The van der Waals surface area contributed by atoms with Gasteiger partial charge >= 0.3 is 0 Å². The smallest absolute Gasteiger partial charge is 0.117 e. The summed E-state index contributed by atoms with van der Waals surface area (Å²) >= 11 is 0. The van der Waals surface area contributed by atoms with E-state index >= 15 is 0 Å². The normalized spacial score (nSPS) is 30.8. The van der Waals surface area contributed by atoms with Gasteiger partial charge in [-0.3, -0.25) is 0 Å². The Morgan fingerprint density at radius 3 is 2.92 bits per heavy atom. The van der Waals surface area contributed by atoms with Crippen molar-refractivity contribution >= 4 is 0 Å². The lowest BCUT2D eigenvalue weighted by Crippen LogP contribution is -2.47. The van der Waals surface area contributed by atoms with Crippen molar-refractivity contribution in [1.82, 2.24) is 4.90 Å². The van der Waals surface area contributed by atoms with Crippen LogP contribution in [0.3, 0.4) is 0 Å². The van der Waals surface area contributed by atoms with Crippen LogP contribution in [0.4, 0.5) is 0 Å². The van der Waals surface area contributed by atoms with Crippen molar-refractivity contribution in [3.05, 3.63) is 0 Å². The Balaban J connectivity index is 2.55. The third-order valence-electron chi connectivity index (χ3n) is 2.62. The largest absolute Gasteiger partial charge is 0.312 e. The van der Waals surface area contributed by atoms with Gasteiger partial charge in [0.05, 0.1) is 6.07 Å². The molecular formula is C10H19N3. The van der Waals surface area contributed by atoms with Crippen LogP contribution >= 0.6 is 0 Å². The van der Waals surface area contributed by atoms with Crippen LogP contribution in [0.15, 0.2) is 0 Å². The predicted octanol–water partition coefficient (Wildman–Crippen LogP) is 1.10. The number of rotatable bonds is 2. The van der Waals surface area contributed by atoms with Gasteiger partial charge in [-0.15, -0.1) is 0 Å². The maximum absolute atomic E-state index is 8.96. The molecule has 13 heavy (non-hydrogen) atoms. The molecule has 0 amide bonds. The highest BCUT2D eigenvalue weighted by Crippen LogP contribution is 2.17. The van der Waals surface area contributed by atoms with Gasteiger partial charge in [-0.05, 0) is 38.8 Å². The molecule has 1 rings (SSSR count). The lowest BCUT2D eigenvalue weighted by molar-refractivity contribution is 0.252. The van der Waals surface area contributed by atoms with E-state index in [1.165, 1.54) is 6.42 Å². The minimum atomic E-state index is -0.592. The van der Waals surface area contributed by atoms with Crippen LogP contribution in [-0.2, 0) is 0 Å². The van der Waals surface area contributed by atoms with Gasteiger partial charge in [0.15, 0.2) is 0 Å². The Hall–Kier alpha value is -0.590. The van der Waals surface area contributed by atoms with Gasteiger partial charge in [-0.1, -0.05) is 6.92 Å². The molecule has 0 saturated carbocycles. The third-order valence-corrected chi connectivity index (χ3v) is 2.62. The standard InChI is InChI=1S/C10H19N3/c1-2-6-13-7-4-3-5-10(12,8-11)9-13/h2-7,9,12H2,1H3. The quantitative estimate of drug-likeness (QED) is 0.694. The molecule has 0 aliphatic carbocycles. The van der Waals surface area contributed by atoms with Crippen LogP contribution in [0, 0.1) is 11.3 Å². The fraction of sp³-hybridized carbons (Fsp3) is 0.900. The van der Waals surface area contributed by atoms with Crippen molar-refractivity contribution in [3.8, 4) is 6.07 Å². The molecule has 3 nitrogen and oxygen atoms in total. The number of nitriles is 1. The minimum Gasteiger partial charge on any atom is -0.312 e. The molecule has 0 radical (unpaired) electrons. The minimum absolute atomic E-state index is 0.592. The number of hydrogen-bond acceptors (Lipinski definition) is 3. The average Bonchev–Trinajstić information content (AvgIpc) is 2.29. The first-order chi connectivity index (χ1) is 6.20. The molecule has 0 aromatic carbocycles. The molecule has 1 fully saturated rings. The Kier molecular flexibility index (Phi) is 3.71. The second-order valence-corrected chi connectivity index (χ2v) is 4.00. The highest BCUT2D eigenvalue weighted by molar-refractivity contribution is 5.07. The SMILES string of the molecule is CCCN1CCCCC(N)(C#N)C1. The summed E-state index contributed by atoms with van der Waals surface area (Å²) in [6, 6.07) is 2.24. The van der Waals surface area contributed by atoms with Gasteiger partial charge in [0.25, 0.3) is 0 Å². The zero-order valence-corrected chi connectivity index (χ0v) is 8.42. The second kappa shape index (κ2) is 4.59. The zero-order chi connectivity index (χ0) is 9.73. The summed E-state index contributed by atoms with van der Waals surface area (Å²) in [5, 5.41) is 8.96. The topological polar surface area (TPSA) is 53.0 Å². The van der Waals surface area contributed by atoms with Crippen LogP contribution in [0.5, 0.6) is 0 Å². The molecule has 1 heterocycles. The summed E-state index contributed by atoms with van der Waals surface area (Å²) in [5.74, 6) is 0. The molecule has 2 N–H and O–H groups in total. The van der Waals surface area contributed by atoms with E-state index in [0.717, 1.165) is 38.9 Å². The van der Waals surface area contributed by atoms with Crippen LogP contribution in [-0.4, -0.2) is 30.1 Å². The second-order valence-electron chi connectivity index (χ2n) is 4.00. The van der Waals surface area contributed by atoms with Gasteiger partial charge in [-0.2, -0.15) is 5.26 Å². The van der Waals surface area contributed by atoms with Gasteiger partial charge in [0.1, 0.15) is 5.54 Å². The predicted molar refractivity (Wildman–Crippen MR) is 53.1 cm³/mol. The van der Waals surface area contributed by atoms with E-state index in [1.54, 1.807) is 0 Å². The third kappa shape index (κ3) is 2.98. The molecule has 0 aromatic rings. The molecule has 0 bridgehead atoms. The Bertz CT molecular complexity index is 197. The summed E-state index contributed by atoms with van der Waals surface area (Å²) in [6.45, 7) is 5.09. The molecule has 1 atom stereocenters. The summed E-state index contributed by atoms with van der Waals surface area (Å²) in [5.41, 5.74) is 5.38. The summed E-state index contributed by atoms with van der Waals surface area (Å²) in [7, 11) is 0. The lowest BCUT2D eigenvalue weighted by Gasteiger charge is -2.26. The fourth-order valence-electron chi connectivity index (χ4n) is 1.93. The average molecular weight is 181 g/mol. The molecule has 1 saturated heterocycles. The summed E-state index contributed by atoms with van der Waals surface area (Å²) < 4.78 is 0. The van der Waals surface area contributed by atoms with E-state index in [0.29, 0.717) is 0 Å². The molecule has 74 valence electrons. The lowest BCUT2D eigenvalue weighted by atomic mass is 9.97. The van der Waals surface area contributed by atoms with Crippen LogP contribution in [0.25, 0.3) is 0 Å². The first kappa shape index (κ1) is 10.5. The monoisotopic (exact) mass is 181 g/mol. The highest BCUT2D eigenvalue weighted by atomic mass is 15.1. The number of likely N-dealkylation sites (tertiary alicyclic amines) is 1. The molecule has 1 unspecified atom stereocenters. The van der Waals surface area contributed by atoms with Crippen molar-refractivity contribution in [1.29, 1.82) is 5.26 Å². The van der Waals surface area contributed by atoms with Gasteiger partial charge in [0.2, 0.25) is 0 Å². The Morgan fingerprint density at radius 1 is 1.54 bits per heavy atom. The van der Waals surface area contributed by atoms with E-state index in [2.05, 4.69) is 17.9 Å². The van der Waals surface area contributed by atoms with E-state index in [4.69, 9.17) is 11.0 Å². The van der Waals surface area contributed by atoms with Crippen LogP contribution in [0.1, 0.15) is 32.6 Å². The molecule has 1 aliphatic heterocycles. The number of hydrogen-bond donors (Lipinski definition) is 1. The van der Waals surface area contributed by atoms with E-state index in [9.17, 15) is 0 Å². The summed E-state index contributed by atoms with van der Waals surface area (Å²) in [4.78, 5) is 2.32. The van der Waals surface area contributed by atoms with Crippen molar-refractivity contribution in [2.24, 2.45) is 5.73 Å². The molecule has 0 aromatic heterocycles. The molecule has 3 heteroatoms. The van der Waals surface area contributed by atoms with Crippen molar-refractivity contribution in [3.63, 3.8) is 0 Å². The number of nitrogens with two attached hydrogens (primary N) is 1. The van der Waals surface area contributed by atoms with E-state index < -0.39 is 5.54 Å². The number of nitrogens with zero attached hydrogens (tertiary/aromatic N) is 2. The first-order valence-corrected chi connectivity index (χ1v) is 5.13. The maximum Gasteiger partial charge on any atom is 0.117 e. The Morgan fingerprint density at radius 2 is 2.31 bits per heavy atom. The van der Waals surface area contributed by atoms with Crippen LogP contribution in [0.2, 0.25) is 0 Å². The van der Waals surface area contributed by atoms with Gasteiger partial charge in [0, 0.05) is 6.54 Å². The Labute approximate surface area is 80.5 Å². The molecule has 1 aliphatic rings. The van der Waals surface area contributed by atoms with E-state index in [-0.39, 0.29) is 0 Å². The van der Waals surface area contributed by atoms with Crippen molar-refractivity contribution < 1.29 is 0 Å².